The largest absolute Gasteiger partial charge is 0.486 e. The highest BCUT2D eigenvalue weighted by Crippen LogP contribution is 2.39. The van der Waals surface area contributed by atoms with E-state index in [0.717, 1.165) is 12.0 Å². The van der Waals surface area contributed by atoms with E-state index >= 15 is 0 Å². The Bertz CT molecular complexity index is 617. The van der Waals surface area contributed by atoms with Crippen LogP contribution in [-0.2, 0) is 11.2 Å². The van der Waals surface area contributed by atoms with Gasteiger partial charge < -0.3 is 14.4 Å². The fraction of sp³-hybridized carbons (Fsp3) is 0.556. The molecule has 3 rings (SSSR count). The number of ketones is 1. The summed E-state index contributed by atoms with van der Waals surface area (Å²) >= 11 is 0. The first-order chi connectivity index (χ1) is 11.1. The number of carbonyl (C=O) groups is 2. The third kappa shape index (κ3) is 3.05. The summed E-state index contributed by atoms with van der Waals surface area (Å²) in [6, 6.07) is 5.86. The summed E-state index contributed by atoms with van der Waals surface area (Å²) in [5, 5.41) is 0. The second kappa shape index (κ2) is 6.22. The van der Waals surface area contributed by atoms with Gasteiger partial charge in [-0.2, -0.15) is 0 Å². The minimum Gasteiger partial charge on any atom is -0.486 e. The van der Waals surface area contributed by atoms with Gasteiger partial charge >= 0.3 is 6.09 Å². The van der Waals surface area contributed by atoms with Crippen LogP contribution in [0.1, 0.15) is 49.0 Å². The zero-order valence-electron chi connectivity index (χ0n) is 13.8. The third-order valence-electron chi connectivity index (χ3n) is 4.76. The summed E-state index contributed by atoms with van der Waals surface area (Å²) in [7, 11) is 0. The van der Waals surface area contributed by atoms with Crippen LogP contribution in [0.3, 0.4) is 0 Å². The van der Waals surface area contributed by atoms with Crippen molar-refractivity contribution in [1.29, 1.82) is 0 Å². The fourth-order valence-electron chi connectivity index (χ4n) is 3.35. The van der Waals surface area contributed by atoms with Crippen LogP contribution in [0.5, 0.6) is 5.75 Å². The summed E-state index contributed by atoms with van der Waals surface area (Å²) in [6.07, 6.45) is 2.33. The van der Waals surface area contributed by atoms with Gasteiger partial charge in [-0.25, -0.2) is 4.79 Å². The van der Waals surface area contributed by atoms with E-state index in [4.69, 9.17) is 9.47 Å². The van der Waals surface area contributed by atoms with Gasteiger partial charge in [0, 0.05) is 25.9 Å². The van der Waals surface area contributed by atoms with Crippen molar-refractivity contribution in [2.24, 2.45) is 0 Å². The molecule has 1 aromatic rings. The van der Waals surface area contributed by atoms with Gasteiger partial charge in [-0.3, -0.25) is 4.79 Å². The number of amides is 1. The Labute approximate surface area is 136 Å². The number of rotatable bonds is 2. The number of likely N-dealkylation sites (tertiary alicyclic amines) is 1. The van der Waals surface area contributed by atoms with Gasteiger partial charge in [0.1, 0.15) is 11.4 Å². The number of Topliss-reactive ketones (excluding diaryl/α,β-unsaturated/α-hetero) is 1. The molecule has 2 heterocycles. The number of hydrogen-bond acceptors (Lipinski definition) is 4. The SMILES string of the molecule is CCOC(=O)N1CCC2(CC1)CC(=O)c1cc(CC)ccc1O2. The molecule has 5 nitrogen and oxygen atoms in total. The molecule has 23 heavy (non-hydrogen) atoms. The highest BCUT2D eigenvalue weighted by Gasteiger charge is 2.43. The Morgan fingerprint density at radius 3 is 2.70 bits per heavy atom. The molecule has 0 aromatic heterocycles. The van der Waals surface area contributed by atoms with Gasteiger partial charge in [0.05, 0.1) is 18.6 Å². The first kappa shape index (κ1) is 15.8. The number of fused-ring (bicyclic) bond motifs is 1. The van der Waals surface area contributed by atoms with Crippen LogP contribution >= 0.6 is 0 Å². The number of hydrogen-bond donors (Lipinski definition) is 0. The van der Waals surface area contributed by atoms with E-state index in [9.17, 15) is 9.59 Å². The number of piperidine rings is 1. The van der Waals surface area contributed by atoms with E-state index in [0.29, 0.717) is 50.3 Å². The second-order valence-electron chi connectivity index (χ2n) is 6.26. The average Bonchev–Trinajstić information content (AvgIpc) is 2.55. The summed E-state index contributed by atoms with van der Waals surface area (Å²) in [4.78, 5) is 26.1. The van der Waals surface area contributed by atoms with Gasteiger partial charge in [-0.1, -0.05) is 13.0 Å². The molecular formula is C18H23NO4. The molecule has 0 atom stereocenters. The lowest BCUT2D eigenvalue weighted by molar-refractivity contribution is -0.00861. The van der Waals surface area contributed by atoms with Crippen LogP contribution in [-0.4, -0.2) is 42.1 Å². The predicted molar refractivity (Wildman–Crippen MR) is 86.0 cm³/mol. The van der Waals surface area contributed by atoms with E-state index in [1.807, 2.05) is 18.2 Å². The summed E-state index contributed by atoms with van der Waals surface area (Å²) in [5.41, 5.74) is 1.37. The normalized spacial score (nSPS) is 19.2. The molecule has 124 valence electrons. The Kier molecular flexibility index (Phi) is 4.28. The van der Waals surface area contributed by atoms with Crippen LogP contribution in [0.15, 0.2) is 18.2 Å². The van der Waals surface area contributed by atoms with Crippen molar-refractivity contribution in [3.05, 3.63) is 29.3 Å². The molecule has 1 aromatic carbocycles. The van der Waals surface area contributed by atoms with Gasteiger partial charge in [-0.05, 0) is 31.0 Å². The van der Waals surface area contributed by atoms with Crippen LogP contribution in [0, 0.1) is 0 Å². The molecule has 1 fully saturated rings. The van der Waals surface area contributed by atoms with Crippen molar-refractivity contribution in [2.75, 3.05) is 19.7 Å². The maximum absolute atomic E-state index is 12.6. The quantitative estimate of drug-likeness (QED) is 0.840. The van der Waals surface area contributed by atoms with Crippen molar-refractivity contribution in [2.45, 2.75) is 45.1 Å². The van der Waals surface area contributed by atoms with Crippen LogP contribution < -0.4 is 4.74 Å². The van der Waals surface area contributed by atoms with E-state index in [-0.39, 0.29) is 11.9 Å². The van der Waals surface area contributed by atoms with Crippen LogP contribution in [0.4, 0.5) is 4.79 Å². The molecule has 0 aliphatic carbocycles. The van der Waals surface area contributed by atoms with Gasteiger partial charge in [-0.15, -0.1) is 0 Å². The van der Waals surface area contributed by atoms with Crippen molar-refractivity contribution in [1.82, 2.24) is 4.90 Å². The van der Waals surface area contributed by atoms with E-state index < -0.39 is 5.60 Å². The molecule has 0 N–H and O–H groups in total. The molecule has 0 bridgehead atoms. The average molecular weight is 317 g/mol. The Balaban J connectivity index is 1.73. The fourth-order valence-corrected chi connectivity index (χ4v) is 3.35. The molecule has 1 saturated heterocycles. The zero-order valence-corrected chi connectivity index (χ0v) is 13.8. The highest BCUT2D eigenvalue weighted by molar-refractivity contribution is 6.00. The molecule has 5 heteroatoms. The number of aryl methyl sites for hydroxylation is 1. The highest BCUT2D eigenvalue weighted by atomic mass is 16.6. The Morgan fingerprint density at radius 1 is 1.30 bits per heavy atom. The van der Waals surface area contributed by atoms with Crippen molar-refractivity contribution in [3.8, 4) is 5.75 Å². The zero-order chi connectivity index (χ0) is 16.4. The summed E-state index contributed by atoms with van der Waals surface area (Å²) in [5.74, 6) is 0.828. The predicted octanol–water partition coefficient (Wildman–Crippen LogP) is 3.21. The molecule has 0 saturated carbocycles. The molecule has 1 amide bonds. The minimum absolute atomic E-state index is 0.145. The molecule has 1 spiro atoms. The Morgan fingerprint density at radius 2 is 2.04 bits per heavy atom. The maximum atomic E-state index is 12.6. The Hall–Kier alpha value is -2.04. The van der Waals surface area contributed by atoms with Gasteiger partial charge in [0.2, 0.25) is 0 Å². The van der Waals surface area contributed by atoms with Crippen LogP contribution in [0.2, 0.25) is 0 Å². The van der Waals surface area contributed by atoms with E-state index in [1.165, 1.54) is 0 Å². The lowest BCUT2D eigenvalue weighted by atomic mass is 9.82. The van der Waals surface area contributed by atoms with Crippen LogP contribution in [0.25, 0.3) is 0 Å². The molecule has 2 aliphatic rings. The maximum Gasteiger partial charge on any atom is 0.409 e. The molecule has 0 radical (unpaired) electrons. The minimum atomic E-state index is -0.471. The lowest BCUT2D eigenvalue weighted by Gasteiger charge is -2.43. The summed E-state index contributed by atoms with van der Waals surface area (Å²) in [6.45, 7) is 5.38. The molecule has 2 aliphatic heterocycles. The standard InChI is InChI=1S/C18H23NO4/c1-3-13-5-6-16-14(11-13)15(20)12-18(23-16)7-9-19(10-8-18)17(21)22-4-2/h5-6,11H,3-4,7-10,12H2,1-2H3. The number of carbonyl (C=O) groups excluding carboxylic acids is 2. The summed E-state index contributed by atoms with van der Waals surface area (Å²) < 4.78 is 11.3. The number of ether oxygens (including phenoxy) is 2. The second-order valence-corrected chi connectivity index (χ2v) is 6.26. The van der Waals surface area contributed by atoms with Crippen molar-refractivity contribution < 1.29 is 19.1 Å². The van der Waals surface area contributed by atoms with E-state index in [1.54, 1.807) is 11.8 Å². The topological polar surface area (TPSA) is 55.8 Å². The van der Waals surface area contributed by atoms with Gasteiger partial charge in [0.15, 0.2) is 5.78 Å². The first-order valence-electron chi connectivity index (χ1n) is 8.34. The van der Waals surface area contributed by atoms with E-state index in [2.05, 4.69) is 6.92 Å². The number of nitrogens with zero attached hydrogens (tertiary/aromatic N) is 1. The lowest BCUT2D eigenvalue weighted by Crippen LogP contribution is -2.52. The first-order valence-corrected chi connectivity index (χ1v) is 8.34. The number of benzene rings is 1. The monoisotopic (exact) mass is 317 g/mol. The van der Waals surface area contributed by atoms with Crippen molar-refractivity contribution in [3.63, 3.8) is 0 Å². The smallest absolute Gasteiger partial charge is 0.409 e. The molecule has 0 unspecified atom stereocenters. The molecular weight excluding hydrogens is 294 g/mol. The van der Waals surface area contributed by atoms with Crippen molar-refractivity contribution >= 4 is 11.9 Å². The van der Waals surface area contributed by atoms with Gasteiger partial charge in [0.25, 0.3) is 0 Å². The third-order valence-corrected chi connectivity index (χ3v) is 4.76.